The summed E-state index contributed by atoms with van der Waals surface area (Å²) in [7, 11) is 0. The fourth-order valence-electron chi connectivity index (χ4n) is 2.75. The van der Waals surface area contributed by atoms with Crippen LogP contribution in [0.15, 0.2) is 18.2 Å². The quantitative estimate of drug-likeness (QED) is 0.906. The molecule has 0 aromatic heterocycles. The number of amides is 1. The number of carbonyl (C=O) groups is 1. The van der Waals surface area contributed by atoms with Gasteiger partial charge in [-0.3, -0.25) is 4.79 Å². The van der Waals surface area contributed by atoms with Gasteiger partial charge in [0, 0.05) is 23.7 Å². The van der Waals surface area contributed by atoms with Crippen LogP contribution in [0.1, 0.15) is 25.3 Å². The molecule has 0 radical (unpaired) electrons. The van der Waals surface area contributed by atoms with Crippen LogP contribution in [0.2, 0.25) is 5.02 Å². The minimum atomic E-state index is -0.409. The zero-order valence-electron chi connectivity index (χ0n) is 12.4. The Kier molecular flexibility index (Phi) is 6.00. The molecular weight excluding hydrogens is 291 g/mol. The van der Waals surface area contributed by atoms with E-state index in [1.165, 1.54) is 6.07 Å². The van der Waals surface area contributed by atoms with Gasteiger partial charge in [-0.25, -0.2) is 4.39 Å². The monoisotopic (exact) mass is 312 g/mol. The third-order valence-corrected chi connectivity index (χ3v) is 4.42. The van der Waals surface area contributed by atoms with Gasteiger partial charge < -0.3 is 10.2 Å². The predicted molar refractivity (Wildman–Crippen MR) is 83.0 cm³/mol. The summed E-state index contributed by atoms with van der Waals surface area (Å²) in [6, 6.07) is 4.52. The van der Waals surface area contributed by atoms with Gasteiger partial charge in [-0.15, -0.1) is 0 Å². The van der Waals surface area contributed by atoms with E-state index in [-0.39, 0.29) is 12.3 Å². The maximum Gasteiger partial charge on any atom is 0.227 e. The zero-order chi connectivity index (χ0) is 15.2. The largest absolute Gasteiger partial charge is 0.342 e. The molecule has 0 bridgehead atoms. The molecule has 1 aromatic carbocycles. The first-order valence-corrected chi connectivity index (χ1v) is 7.91. The van der Waals surface area contributed by atoms with Crippen LogP contribution in [0.4, 0.5) is 4.39 Å². The topological polar surface area (TPSA) is 32.3 Å². The Hall–Kier alpha value is -1.13. The molecule has 2 rings (SSSR count). The number of nitrogens with one attached hydrogen (secondary N) is 1. The van der Waals surface area contributed by atoms with Crippen LogP contribution in [0.5, 0.6) is 0 Å². The average molecular weight is 313 g/mol. The predicted octanol–water partition coefficient (Wildman–Crippen LogP) is 2.87. The van der Waals surface area contributed by atoms with Gasteiger partial charge in [0.2, 0.25) is 5.91 Å². The molecule has 1 heterocycles. The summed E-state index contributed by atoms with van der Waals surface area (Å²) in [6.07, 6.45) is 2.21. The SMILES string of the molecule is CCN(CC1CCNCC1)C(=O)Cc1c(F)cccc1Cl. The highest BCUT2D eigenvalue weighted by molar-refractivity contribution is 6.31. The molecule has 1 saturated heterocycles. The Balaban J connectivity index is 1.99. The Morgan fingerprint density at radius 3 is 2.76 bits per heavy atom. The zero-order valence-corrected chi connectivity index (χ0v) is 13.1. The average Bonchev–Trinajstić information content (AvgIpc) is 2.49. The number of carbonyl (C=O) groups excluding carboxylic acids is 1. The molecule has 3 nitrogen and oxygen atoms in total. The van der Waals surface area contributed by atoms with Gasteiger partial charge in [-0.05, 0) is 50.9 Å². The number of benzene rings is 1. The maximum absolute atomic E-state index is 13.8. The van der Waals surface area contributed by atoms with Crippen LogP contribution in [-0.2, 0) is 11.2 Å². The molecule has 0 saturated carbocycles. The first-order chi connectivity index (χ1) is 10.1. The Morgan fingerprint density at radius 1 is 1.43 bits per heavy atom. The van der Waals surface area contributed by atoms with Crippen LogP contribution in [-0.4, -0.2) is 37.0 Å². The van der Waals surface area contributed by atoms with E-state index in [0.29, 0.717) is 23.0 Å². The van der Waals surface area contributed by atoms with E-state index in [0.717, 1.165) is 32.5 Å². The summed E-state index contributed by atoms with van der Waals surface area (Å²) in [5, 5.41) is 3.64. The number of nitrogens with zero attached hydrogens (tertiary/aromatic N) is 1. The summed E-state index contributed by atoms with van der Waals surface area (Å²) in [4.78, 5) is 14.2. The van der Waals surface area contributed by atoms with Crippen molar-refractivity contribution in [1.29, 1.82) is 0 Å². The lowest BCUT2D eigenvalue weighted by Crippen LogP contribution is -2.40. The molecular formula is C16H22ClFN2O. The lowest BCUT2D eigenvalue weighted by atomic mass is 9.97. The molecule has 5 heteroatoms. The maximum atomic E-state index is 13.8. The van der Waals surface area contributed by atoms with E-state index in [9.17, 15) is 9.18 Å². The molecule has 1 aliphatic rings. The van der Waals surface area contributed by atoms with Crippen molar-refractivity contribution in [1.82, 2.24) is 10.2 Å². The van der Waals surface area contributed by atoms with Gasteiger partial charge in [-0.1, -0.05) is 17.7 Å². The summed E-state index contributed by atoms with van der Waals surface area (Å²) in [5.74, 6) is 0.0723. The number of piperidine rings is 1. The van der Waals surface area contributed by atoms with Crippen LogP contribution < -0.4 is 5.32 Å². The first-order valence-electron chi connectivity index (χ1n) is 7.53. The highest BCUT2D eigenvalue weighted by Gasteiger charge is 2.21. The Labute approximate surface area is 130 Å². The third kappa shape index (κ3) is 4.42. The van der Waals surface area contributed by atoms with E-state index in [1.807, 2.05) is 11.8 Å². The van der Waals surface area contributed by atoms with Crippen molar-refractivity contribution in [3.05, 3.63) is 34.6 Å². The molecule has 1 aliphatic heterocycles. The van der Waals surface area contributed by atoms with E-state index < -0.39 is 5.82 Å². The van der Waals surface area contributed by atoms with Crippen LogP contribution in [0.25, 0.3) is 0 Å². The van der Waals surface area contributed by atoms with Crippen molar-refractivity contribution in [3.8, 4) is 0 Å². The van der Waals surface area contributed by atoms with Crippen LogP contribution in [0, 0.1) is 11.7 Å². The number of hydrogen-bond acceptors (Lipinski definition) is 2. The van der Waals surface area contributed by atoms with Crippen molar-refractivity contribution in [2.45, 2.75) is 26.2 Å². The van der Waals surface area contributed by atoms with Crippen LogP contribution >= 0.6 is 11.6 Å². The molecule has 1 fully saturated rings. The molecule has 0 aliphatic carbocycles. The van der Waals surface area contributed by atoms with Crippen LogP contribution in [0.3, 0.4) is 0 Å². The molecule has 21 heavy (non-hydrogen) atoms. The molecule has 0 unspecified atom stereocenters. The second-order valence-electron chi connectivity index (χ2n) is 5.50. The van der Waals surface area contributed by atoms with Gasteiger partial charge in [0.1, 0.15) is 5.82 Å². The number of hydrogen-bond donors (Lipinski definition) is 1. The minimum Gasteiger partial charge on any atom is -0.342 e. The molecule has 1 N–H and O–H groups in total. The standard InChI is InChI=1S/C16H22ClFN2O/c1-2-20(11-12-6-8-19-9-7-12)16(21)10-13-14(17)4-3-5-15(13)18/h3-5,12,19H,2,6-11H2,1H3. The second-order valence-corrected chi connectivity index (χ2v) is 5.91. The van der Waals surface area contributed by atoms with E-state index in [2.05, 4.69) is 5.32 Å². The summed E-state index contributed by atoms with van der Waals surface area (Å²) in [5.41, 5.74) is 0.299. The number of rotatable bonds is 5. The third-order valence-electron chi connectivity index (χ3n) is 4.06. The van der Waals surface area contributed by atoms with Gasteiger partial charge in [0.15, 0.2) is 0 Å². The smallest absolute Gasteiger partial charge is 0.227 e. The van der Waals surface area contributed by atoms with E-state index >= 15 is 0 Å². The molecule has 1 aromatic rings. The highest BCUT2D eigenvalue weighted by Crippen LogP contribution is 2.21. The van der Waals surface area contributed by atoms with Crippen molar-refractivity contribution in [2.24, 2.45) is 5.92 Å². The fraction of sp³-hybridized carbons (Fsp3) is 0.562. The summed E-state index contributed by atoms with van der Waals surface area (Å²) >= 11 is 5.99. The normalized spacial score (nSPS) is 16.0. The summed E-state index contributed by atoms with van der Waals surface area (Å²) in [6.45, 7) is 5.38. The lowest BCUT2D eigenvalue weighted by Gasteiger charge is -2.29. The minimum absolute atomic E-state index is 0.0321. The van der Waals surface area contributed by atoms with Crippen molar-refractivity contribution in [2.75, 3.05) is 26.2 Å². The number of likely N-dealkylation sites (N-methyl/N-ethyl adjacent to an activating group) is 1. The van der Waals surface area contributed by atoms with Gasteiger partial charge in [-0.2, -0.15) is 0 Å². The first kappa shape index (κ1) is 16.2. The Bertz CT molecular complexity index is 469. The van der Waals surface area contributed by atoms with Crippen molar-refractivity contribution < 1.29 is 9.18 Å². The Morgan fingerprint density at radius 2 is 2.14 bits per heavy atom. The molecule has 0 atom stereocenters. The highest BCUT2D eigenvalue weighted by atomic mass is 35.5. The van der Waals surface area contributed by atoms with Gasteiger partial charge in [0.05, 0.1) is 6.42 Å². The molecule has 116 valence electrons. The van der Waals surface area contributed by atoms with Crippen molar-refractivity contribution >= 4 is 17.5 Å². The summed E-state index contributed by atoms with van der Waals surface area (Å²) < 4.78 is 13.8. The van der Waals surface area contributed by atoms with Crippen molar-refractivity contribution in [3.63, 3.8) is 0 Å². The van der Waals surface area contributed by atoms with E-state index in [1.54, 1.807) is 12.1 Å². The molecule has 1 amide bonds. The second kappa shape index (κ2) is 7.76. The lowest BCUT2D eigenvalue weighted by molar-refractivity contribution is -0.131. The van der Waals surface area contributed by atoms with Gasteiger partial charge >= 0.3 is 0 Å². The van der Waals surface area contributed by atoms with E-state index in [4.69, 9.17) is 11.6 Å². The van der Waals surface area contributed by atoms with Gasteiger partial charge in [0.25, 0.3) is 0 Å². The molecule has 0 spiro atoms. The number of halogens is 2. The fourth-order valence-corrected chi connectivity index (χ4v) is 2.98.